The van der Waals surface area contributed by atoms with E-state index in [2.05, 4.69) is 5.32 Å². The zero-order valence-electron chi connectivity index (χ0n) is 15.5. The highest BCUT2D eigenvalue weighted by atomic mass is 16.5. The third kappa shape index (κ3) is 6.40. The van der Waals surface area contributed by atoms with Crippen molar-refractivity contribution in [2.75, 3.05) is 39.3 Å². The monoisotopic (exact) mass is 375 g/mol. The van der Waals surface area contributed by atoms with E-state index in [0.717, 1.165) is 0 Å². The van der Waals surface area contributed by atoms with Gasteiger partial charge in [-0.05, 0) is 19.1 Å². The average molecular weight is 375 g/mol. The van der Waals surface area contributed by atoms with Gasteiger partial charge in [-0.3, -0.25) is 19.2 Å². The Balaban J connectivity index is 1.70. The molecule has 0 radical (unpaired) electrons. The Hall–Kier alpha value is -2.90. The lowest BCUT2D eigenvalue weighted by Gasteiger charge is -2.34. The molecule has 0 aromatic heterocycles. The first kappa shape index (κ1) is 20.4. The van der Waals surface area contributed by atoms with Crippen LogP contribution < -0.4 is 5.32 Å². The van der Waals surface area contributed by atoms with Gasteiger partial charge < -0.3 is 19.9 Å². The van der Waals surface area contributed by atoms with E-state index >= 15 is 0 Å². The van der Waals surface area contributed by atoms with Crippen LogP contribution in [-0.2, 0) is 19.1 Å². The summed E-state index contributed by atoms with van der Waals surface area (Å²) in [6.07, 6.45) is 0.178. The van der Waals surface area contributed by atoms with Crippen molar-refractivity contribution in [1.82, 2.24) is 15.1 Å². The second-order valence-electron chi connectivity index (χ2n) is 6.12. The molecule has 0 saturated carbocycles. The Bertz CT molecular complexity index is 669. The molecule has 2 rings (SSSR count). The molecule has 1 N–H and O–H groups in total. The van der Waals surface area contributed by atoms with Crippen LogP contribution in [0.4, 0.5) is 0 Å². The molecule has 1 aromatic carbocycles. The molecule has 0 spiro atoms. The van der Waals surface area contributed by atoms with Crippen LogP contribution in [0.3, 0.4) is 0 Å². The SMILES string of the molecule is CCOC(=O)CCC(=O)N1CCN(C(=O)CNC(=O)c2ccccc2)CC1. The fourth-order valence-electron chi connectivity index (χ4n) is 2.76. The minimum Gasteiger partial charge on any atom is -0.466 e. The molecule has 0 atom stereocenters. The van der Waals surface area contributed by atoms with Gasteiger partial charge in [0, 0.05) is 38.2 Å². The second-order valence-corrected chi connectivity index (χ2v) is 6.12. The molecule has 0 aliphatic carbocycles. The molecular weight excluding hydrogens is 350 g/mol. The van der Waals surface area contributed by atoms with Crippen molar-refractivity contribution < 1.29 is 23.9 Å². The third-order valence-corrected chi connectivity index (χ3v) is 4.27. The summed E-state index contributed by atoms with van der Waals surface area (Å²) in [6.45, 7) is 3.59. The van der Waals surface area contributed by atoms with Gasteiger partial charge in [0.15, 0.2) is 0 Å². The number of nitrogens with one attached hydrogen (secondary N) is 1. The number of nitrogens with zero attached hydrogens (tertiary/aromatic N) is 2. The molecule has 8 nitrogen and oxygen atoms in total. The number of carbonyl (C=O) groups excluding carboxylic acids is 4. The minimum absolute atomic E-state index is 0.0668. The molecule has 146 valence electrons. The topological polar surface area (TPSA) is 96.0 Å². The summed E-state index contributed by atoms with van der Waals surface area (Å²) in [5.74, 6) is -0.976. The van der Waals surface area contributed by atoms with Crippen molar-refractivity contribution in [2.24, 2.45) is 0 Å². The summed E-state index contributed by atoms with van der Waals surface area (Å²) in [6, 6.07) is 8.69. The fourth-order valence-corrected chi connectivity index (χ4v) is 2.76. The number of amides is 3. The minimum atomic E-state index is -0.381. The van der Waals surface area contributed by atoms with Gasteiger partial charge in [-0.25, -0.2) is 0 Å². The van der Waals surface area contributed by atoms with Crippen molar-refractivity contribution in [1.29, 1.82) is 0 Å². The smallest absolute Gasteiger partial charge is 0.306 e. The molecule has 1 saturated heterocycles. The number of rotatable bonds is 7. The Morgan fingerprint density at radius 2 is 1.52 bits per heavy atom. The van der Waals surface area contributed by atoms with E-state index in [1.54, 1.807) is 41.0 Å². The number of esters is 1. The van der Waals surface area contributed by atoms with Crippen molar-refractivity contribution in [3.8, 4) is 0 Å². The highest BCUT2D eigenvalue weighted by Gasteiger charge is 2.24. The van der Waals surface area contributed by atoms with E-state index in [9.17, 15) is 19.2 Å². The molecule has 27 heavy (non-hydrogen) atoms. The summed E-state index contributed by atoms with van der Waals surface area (Å²) < 4.78 is 4.81. The molecule has 0 unspecified atom stereocenters. The maximum atomic E-state index is 12.2. The van der Waals surface area contributed by atoms with E-state index in [1.165, 1.54) is 0 Å². The van der Waals surface area contributed by atoms with Gasteiger partial charge in [-0.2, -0.15) is 0 Å². The molecule has 1 aliphatic rings. The molecule has 1 aromatic rings. The van der Waals surface area contributed by atoms with E-state index < -0.39 is 0 Å². The Morgan fingerprint density at radius 1 is 0.926 bits per heavy atom. The highest BCUT2D eigenvalue weighted by molar-refractivity contribution is 5.96. The van der Waals surface area contributed by atoms with Gasteiger partial charge in [-0.15, -0.1) is 0 Å². The lowest BCUT2D eigenvalue weighted by Crippen LogP contribution is -2.52. The van der Waals surface area contributed by atoms with Gasteiger partial charge in [0.2, 0.25) is 11.8 Å². The zero-order chi connectivity index (χ0) is 19.6. The Kier molecular flexibility index (Phi) is 7.79. The van der Waals surface area contributed by atoms with Crippen LogP contribution >= 0.6 is 0 Å². The third-order valence-electron chi connectivity index (χ3n) is 4.27. The second kappa shape index (κ2) is 10.3. The van der Waals surface area contributed by atoms with Gasteiger partial charge in [0.05, 0.1) is 19.6 Å². The van der Waals surface area contributed by atoms with Crippen molar-refractivity contribution in [3.63, 3.8) is 0 Å². The van der Waals surface area contributed by atoms with Gasteiger partial charge >= 0.3 is 5.97 Å². The van der Waals surface area contributed by atoms with Crippen LogP contribution in [0.5, 0.6) is 0 Å². The first-order valence-electron chi connectivity index (χ1n) is 9.05. The van der Waals surface area contributed by atoms with Crippen LogP contribution in [0.15, 0.2) is 30.3 Å². The quantitative estimate of drug-likeness (QED) is 0.698. The van der Waals surface area contributed by atoms with Gasteiger partial charge in [0.25, 0.3) is 5.91 Å². The first-order valence-corrected chi connectivity index (χ1v) is 9.05. The van der Waals surface area contributed by atoms with E-state index in [4.69, 9.17) is 4.74 Å². The van der Waals surface area contributed by atoms with Crippen LogP contribution in [0, 0.1) is 0 Å². The summed E-state index contributed by atoms with van der Waals surface area (Å²) >= 11 is 0. The highest BCUT2D eigenvalue weighted by Crippen LogP contribution is 2.06. The molecular formula is C19H25N3O5. The Morgan fingerprint density at radius 3 is 2.11 bits per heavy atom. The molecule has 3 amide bonds. The summed E-state index contributed by atoms with van der Waals surface area (Å²) in [7, 11) is 0. The number of piperazine rings is 1. The standard InChI is InChI=1S/C19H25N3O5/c1-2-27-18(25)9-8-16(23)21-10-12-22(13-11-21)17(24)14-20-19(26)15-6-4-3-5-7-15/h3-7H,2,8-14H2,1H3,(H,20,26). The van der Waals surface area contributed by atoms with Crippen molar-refractivity contribution in [3.05, 3.63) is 35.9 Å². The number of benzene rings is 1. The van der Waals surface area contributed by atoms with E-state index in [0.29, 0.717) is 38.3 Å². The molecule has 8 heteroatoms. The molecule has 1 fully saturated rings. The zero-order valence-corrected chi connectivity index (χ0v) is 15.5. The predicted molar refractivity (Wildman–Crippen MR) is 97.8 cm³/mol. The van der Waals surface area contributed by atoms with Crippen molar-refractivity contribution in [2.45, 2.75) is 19.8 Å². The normalized spacial score (nSPS) is 13.8. The predicted octanol–water partition coefficient (Wildman–Crippen LogP) is 0.431. The number of carbonyl (C=O) groups is 4. The first-order chi connectivity index (χ1) is 13.0. The van der Waals surface area contributed by atoms with Gasteiger partial charge in [0.1, 0.15) is 0 Å². The number of hydrogen-bond acceptors (Lipinski definition) is 5. The van der Waals surface area contributed by atoms with Crippen LogP contribution in [0.1, 0.15) is 30.1 Å². The van der Waals surface area contributed by atoms with Crippen LogP contribution in [-0.4, -0.2) is 72.8 Å². The van der Waals surface area contributed by atoms with Gasteiger partial charge in [-0.1, -0.05) is 18.2 Å². The fraction of sp³-hybridized carbons (Fsp3) is 0.474. The summed E-state index contributed by atoms with van der Waals surface area (Å²) in [5.41, 5.74) is 0.502. The molecule has 1 heterocycles. The average Bonchev–Trinajstić information content (AvgIpc) is 2.71. The van der Waals surface area contributed by atoms with Crippen LogP contribution in [0.2, 0.25) is 0 Å². The maximum absolute atomic E-state index is 12.2. The lowest BCUT2D eigenvalue weighted by molar-refractivity contribution is -0.146. The molecule has 0 bridgehead atoms. The largest absolute Gasteiger partial charge is 0.466 e. The van der Waals surface area contributed by atoms with E-state index in [-0.39, 0.29) is 43.1 Å². The summed E-state index contributed by atoms with van der Waals surface area (Å²) in [5, 5.41) is 2.61. The van der Waals surface area contributed by atoms with Crippen LogP contribution in [0.25, 0.3) is 0 Å². The van der Waals surface area contributed by atoms with E-state index in [1.807, 2.05) is 6.07 Å². The molecule has 1 aliphatic heterocycles. The summed E-state index contributed by atoms with van der Waals surface area (Å²) in [4.78, 5) is 50.9. The lowest BCUT2D eigenvalue weighted by atomic mass is 10.2. The number of hydrogen-bond donors (Lipinski definition) is 1. The number of ether oxygens (including phenoxy) is 1. The maximum Gasteiger partial charge on any atom is 0.306 e. The van der Waals surface area contributed by atoms with Crippen molar-refractivity contribution >= 4 is 23.7 Å². The Labute approximate surface area is 158 Å².